The van der Waals surface area contributed by atoms with E-state index in [0.717, 1.165) is 33.4 Å². The molecular weight excluding hydrogens is 314 g/mol. The van der Waals surface area contributed by atoms with Crippen LogP contribution in [0.2, 0.25) is 0 Å². The summed E-state index contributed by atoms with van der Waals surface area (Å²) in [5.74, 6) is 0. The van der Waals surface area contributed by atoms with Crippen LogP contribution in [0.15, 0.2) is 61.2 Å². The minimum atomic E-state index is 0.738. The van der Waals surface area contributed by atoms with E-state index in [1.54, 1.807) is 24.8 Å². The van der Waals surface area contributed by atoms with Gasteiger partial charge in [-0.05, 0) is 35.9 Å². The van der Waals surface area contributed by atoms with E-state index in [0.29, 0.717) is 0 Å². The lowest BCUT2D eigenvalue weighted by Gasteiger charge is -2.10. The Morgan fingerprint density at radius 2 is 1.35 bits per heavy atom. The van der Waals surface area contributed by atoms with Crippen molar-refractivity contribution in [3.05, 3.63) is 66.9 Å². The molecule has 3 rings (SSSR count). The topological polar surface area (TPSA) is 38.7 Å². The molecule has 0 aliphatic rings. The fraction of sp³-hybridized carbons (Fsp3) is 0.0625. The number of nitrogens with zero attached hydrogens (tertiary/aromatic N) is 3. The van der Waals surface area contributed by atoms with Crippen LogP contribution >= 0.6 is 15.9 Å². The van der Waals surface area contributed by atoms with E-state index < -0.39 is 0 Å². The molecular formula is C16H12BrN3. The molecule has 3 heterocycles. The van der Waals surface area contributed by atoms with Crippen molar-refractivity contribution in [2.24, 2.45) is 0 Å². The molecule has 0 aromatic carbocycles. The van der Waals surface area contributed by atoms with Gasteiger partial charge in [0.2, 0.25) is 0 Å². The molecule has 0 fully saturated rings. The Morgan fingerprint density at radius 3 is 1.95 bits per heavy atom. The summed E-state index contributed by atoms with van der Waals surface area (Å²) in [6, 6.07) is 12.1. The van der Waals surface area contributed by atoms with Gasteiger partial charge in [0.15, 0.2) is 0 Å². The van der Waals surface area contributed by atoms with Crippen molar-refractivity contribution in [3.8, 4) is 22.4 Å². The lowest BCUT2D eigenvalue weighted by atomic mass is 10.0. The average molecular weight is 326 g/mol. The van der Waals surface area contributed by atoms with E-state index in [4.69, 9.17) is 4.98 Å². The summed E-state index contributed by atoms with van der Waals surface area (Å²) in [6.45, 7) is 0. The first kappa shape index (κ1) is 12.9. The third-order valence-electron chi connectivity index (χ3n) is 3.03. The molecule has 0 atom stereocenters. The average Bonchev–Trinajstić information content (AvgIpc) is 2.56. The normalized spacial score (nSPS) is 10.4. The highest BCUT2D eigenvalue weighted by atomic mass is 79.9. The monoisotopic (exact) mass is 325 g/mol. The van der Waals surface area contributed by atoms with E-state index in [9.17, 15) is 0 Å². The number of hydrogen-bond acceptors (Lipinski definition) is 3. The van der Waals surface area contributed by atoms with Gasteiger partial charge in [-0.1, -0.05) is 22.0 Å². The van der Waals surface area contributed by atoms with Crippen molar-refractivity contribution in [2.75, 3.05) is 0 Å². The summed E-state index contributed by atoms with van der Waals surface area (Å²) < 4.78 is 0. The second-order valence-corrected chi connectivity index (χ2v) is 4.86. The summed E-state index contributed by atoms with van der Waals surface area (Å²) in [5, 5.41) is 0.738. The van der Waals surface area contributed by atoms with E-state index >= 15 is 0 Å². The van der Waals surface area contributed by atoms with Crippen molar-refractivity contribution < 1.29 is 0 Å². The molecule has 0 aliphatic carbocycles. The second kappa shape index (κ2) is 5.92. The van der Waals surface area contributed by atoms with Gasteiger partial charge in [-0.25, -0.2) is 0 Å². The molecule has 0 saturated heterocycles. The number of aromatic nitrogens is 3. The summed E-state index contributed by atoms with van der Waals surface area (Å²) in [5.41, 5.74) is 5.25. The minimum Gasteiger partial charge on any atom is -0.265 e. The van der Waals surface area contributed by atoms with Gasteiger partial charge in [0.25, 0.3) is 0 Å². The van der Waals surface area contributed by atoms with Gasteiger partial charge >= 0.3 is 0 Å². The molecule has 0 saturated carbocycles. The standard InChI is InChI=1S/C16H12BrN3/c17-11-14-1-2-15(12-3-7-18-8-4-12)16(20-14)13-5-9-19-10-6-13/h1-10H,11H2. The molecule has 4 heteroatoms. The Balaban J connectivity index is 2.20. The quantitative estimate of drug-likeness (QED) is 0.680. The Hall–Kier alpha value is -2.07. The number of rotatable bonds is 3. The molecule has 0 spiro atoms. The highest BCUT2D eigenvalue weighted by molar-refractivity contribution is 9.08. The van der Waals surface area contributed by atoms with Crippen LogP contribution in [-0.4, -0.2) is 15.0 Å². The summed E-state index contributed by atoms with van der Waals surface area (Å²) >= 11 is 3.46. The predicted molar refractivity (Wildman–Crippen MR) is 83.3 cm³/mol. The zero-order chi connectivity index (χ0) is 13.8. The Labute approximate surface area is 125 Å². The SMILES string of the molecule is BrCc1ccc(-c2ccncc2)c(-c2ccncc2)n1. The second-order valence-electron chi connectivity index (χ2n) is 4.30. The zero-order valence-corrected chi connectivity index (χ0v) is 12.3. The van der Waals surface area contributed by atoms with E-state index in [1.165, 1.54) is 0 Å². The predicted octanol–water partition coefficient (Wildman–Crippen LogP) is 4.10. The van der Waals surface area contributed by atoms with Crippen LogP contribution in [0.4, 0.5) is 0 Å². The van der Waals surface area contributed by atoms with Crippen molar-refractivity contribution in [1.82, 2.24) is 15.0 Å². The molecule has 0 aliphatic heterocycles. The lowest BCUT2D eigenvalue weighted by Crippen LogP contribution is -1.93. The highest BCUT2D eigenvalue weighted by Crippen LogP contribution is 2.30. The van der Waals surface area contributed by atoms with Gasteiger partial charge in [0.1, 0.15) is 0 Å². The van der Waals surface area contributed by atoms with E-state index in [2.05, 4.69) is 32.0 Å². The molecule has 0 amide bonds. The van der Waals surface area contributed by atoms with E-state index in [1.807, 2.05) is 30.3 Å². The third-order valence-corrected chi connectivity index (χ3v) is 3.61. The molecule has 3 aromatic heterocycles. The Kier molecular flexibility index (Phi) is 3.83. The van der Waals surface area contributed by atoms with Gasteiger partial charge in [-0.3, -0.25) is 15.0 Å². The first-order valence-electron chi connectivity index (χ1n) is 6.25. The minimum absolute atomic E-state index is 0.738. The van der Waals surface area contributed by atoms with Gasteiger partial charge in [0.05, 0.1) is 11.4 Å². The summed E-state index contributed by atoms with van der Waals surface area (Å²) in [6.07, 6.45) is 7.16. The first-order chi connectivity index (χ1) is 9.88. The summed E-state index contributed by atoms with van der Waals surface area (Å²) in [4.78, 5) is 12.9. The molecule has 3 nitrogen and oxygen atoms in total. The maximum Gasteiger partial charge on any atom is 0.0785 e. The van der Waals surface area contributed by atoms with Gasteiger partial charge in [-0.2, -0.15) is 0 Å². The number of halogens is 1. The van der Waals surface area contributed by atoms with Crippen molar-refractivity contribution in [1.29, 1.82) is 0 Å². The van der Waals surface area contributed by atoms with Gasteiger partial charge < -0.3 is 0 Å². The highest BCUT2D eigenvalue weighted by Gasteiger charge is 2.10. The molecule has 3 aromatic rings. The smallest absolute Gasteiger partial charge is 0.0785 e. The maximum atomic E-state index is 4.74. The lowest BCUT2D eigenvalue weighted by molar-refractivity contribution is 1.18. The number of pyridine rings is 3. The first-order valence-corrected chi connectivity index (χ1v) is 7.37. The molecule has 0 N–H and O–H groups in total. The molecule has 20 heavy (non-hydrogen) atoms. The maximum absolute atomic E-state index is 4.74. The number of hydrogen-bond donors (Lipinski definition) is 0. The number of alkyl halides is 1. The third kappa shape index (κ3) is 2.60. The summed E-state index contributed by atoms with van der Waals surface area (Å²) in [7, 11) is 0. The zero-order valence-electron chi connectivity index (χ0n) is 10.7. The Morgan fingerprint density at radius 1 is 0.750 bits per heavy atom. The van der Waals surface area contributed by atoms with Crippen LogP contribution in [0, 0.1) is 0 Å². The van der Waals surface area contributed by atoms with E-state index in [-0.39, 0.29) is 0 Å². The molecule has 0 radical (unpaired) electrons. The van der Waals surface area contributed by atoms with Crippen LogP contribution in [0.25, 0.3) is 22.4 Å². The molecule has 98 valence electrons. The Bertz CT molecular complexity index is 699. The van der Waals surface area contributed by atoms with Crippen molar-refractivity contribution >= 4 is 15.9 Å². The van der Waals surface area contributed by atoms with Crippen LogP contribution in [0.3, 0.4) is 0 Å². The van der Waals surface area contributed by atoms with Crippen LogP contribution in [0.5, 0.6) is 0 Å². The van der Waals surface area contributed by atoms with Crippen molar-refractivity contribution in [2.45, 2.75) is 5.33 Å². The van der Waals surface area contributed by atoms with Gasteiger partial charge in [-0.15, -0.1) is 0 Å². The fourth-order valence-electron chi connectivity index (χ4n) is 2.07. The molecule has 0 bridgehead atoms. The van der Waals surface area contributed by atoms with Gasteiger partial charge in [0, 0.05) is 41.2 Å². The van der Waals surface area contributed by atoms with Crippen molar-refractivity contribution in [3.63, 3.8) is 0 Å². The molecule has 0 unspecified atom stereocenters. The van der Waals surface area contributed by atoms with Crippen LogP contribution < -0.4 is 0 Å². The van der Waals surface area contributed by atoms with Crippen LogP contribution in [0.1, 0.15) is 5.69 Å². The van der Waals surface area contributed by atoms with Crippen LogP contribution in [-0.2, 0) is 5.33 Å². The fourth-order valence-corrected chi connectivity index (χ4v) is 2.38. The largest absolute Gasteiger partial charge is 0.265 e.